The lowest BCUT2D eigenvalue weighted by molar-refractivity contribution is -0.148. The number of aryl methyl sites for hydroxylation is 1. The van der Waals surface area contributed by atoms with Crippen molar-refractivity contribution in [1.82, 2.24) is 9.62 Å². The van der Waals surface area contributed by atoms with Gasteiger partial charge in [-0.05, 0) is 51.8 Å². The maximum absolute atomic E-state index is 13.4. The molecule has 0 aromatic heterocycles. The number of sulfonamides is 1. The van der Waals surface area contributed by atoms with E-state index < -0.39 is 33.5 Å². The Bertz CT molecular complexity index is 992. The van der Waals surface area contributed by atoms with Gasteiger partial charge in [0.05, 0.1) is 10.9 Å². The highest BCUT2D eigenvalue weighted by Crippen LogP contribution is 2.32. The molecule has 1 unspecified atom stereocenters. The third kappa shape index (κ3) is 6.41. The number of ether oxygens (including phenoxy) is 1. The van der Waals surface area contributed by atoms with E-state index in [0.717, 1.165) is 17.2 Å². The second-order valence-corrected chi connectivity index (χ2v) is 10.4. The van der Waals surface area contributed by atoms with Crippen molar-refractivity contribution in [1.29, 1.82) is 0 Å². The van der Waals surface area contributed by atoms with E-state index in [1.165, 1.54) is 4.31 Å². The van der Waals surface area contributed by atoms with Gasteiger partial charge >= 0.3 is 5.97 Å². The summed E-state index contributed by atoms with van der Waals surface area (Å²) in [7, 11) is -3.90. The number of hydrogen-bond donors (Lipinski definition) is 1. The molecule has 31 heavy (non-hydrogen) atoms. The molecule has 2 rings (SSSR count). The van der Waals surface area contributed by atoms with Gasteiger partial charge in [-0.3, -0.25) is 4.79 Å². The van der Waals surface area contributed by atoms with E-state index in [1.807, 2.05) is 13.8 Å². The summed E-state index contributed by atoms with van der Waals surface area (Å²) in [6, 6.07) is 5.68. The predicted octanol–water partition coefficient (Wildman–Crippen LogP) is 3.28. The number of amides is 1. The molecule has 0 saturated heterocycles. The van der Waals surface area contributed by atoms with Crippen LogP contribution in [0.25, 0.3) is 0 Å². The fourth-order valence-electron chi connectivity index (χ4n) is 3.22. The molecule has 1 heterocycles. The molecule has 0 spiro atoms. The quantitative estimate of drug-likeness (QED) is 0.287. The molecule has 1 aliphatic rings. The number of carbonyl (C=O) groups is 2. The van der Waals surface area contributed by atoms with E-state index in [-0.39, 0.29) is 23.0 Å². The van der Waals surface area contributed by atoms with E-state index in [4.69, 9.17) is 16.3 Å². The van der Waals surface area contributed by atoms with Crippen molar-refractivity contribution in [2.45, 2.75) is 57.6 Å². The monoisotopic (exact) mass is 468 g/mol. The van der Waals surface area contributed by atoms with Gasteiger partial charge < -0.3 is 10.1 Å². The van der Waals surface area contributed by atoms with Crippen LogP contribution in [0, 0.1) is 6.92 Å². The molecule has 1 aromatic carbocycles. The van der Waals surface area contributed by atoms with E-state index in [9.17, 15) is 18.0 Å². The molecule has 0 radical (unpaired) electrons. The Morgan fingerprint density at radius 2 is 1.87 bits per heavy atom. The summed E-state index contributed by atoms with van der Waals surface area (Å²) in [4.78, 5) is 24.7. The van der Waals surface area contributed by atoms with Crippen molar-refractivity contribution in [3.8, 4) is 0 Å². The maximum atomic E-state index is 13.4. The van der Waals surface area contributed by atoms with Crippen LogP contribution in [-0.4, -0.2) is 48.7 Å². The molecule has 1 amide bonds. The van der Waals surface area contributed by atoms with Gasteiger partial charge in [-0.2, -0.15) is 4.31 Å². The molecule has 0 saturated carbocycles. The van der Waals surface area contributed by atoms with Crippen molar-refractivity contribution in [2.75, 3.05) is 12.4 Å². The first-order valence-corrected chi connectivity index (χ1v) is 11.9. The number of nitrogens with zero attached hydrogens (tertiary/aromatic N) is 1. The van der Waals surface area contributed by atoms with Crippen molar-refractivity contribution in [3.05, 3.63) is 53.3 Å². The van der Waals surface area contributed by atoms with Crippen molar-refractivity contribution >= 4 is 33.5 Å². The molecular weight excluding hydrogens is 440 g/mol. The fraction of sp³-hybridized carbons (Fsp3) is 0.455. The van der Waals surface area contributed by atoms with Gasteiger partial charge in [0.15, 0.2) is 0 Å². The lowest BCUT2D eigenvalue weighted by Crippen LogP contribution is -2.44. The number of rotatable bonds is 7. The van der Waals surface area contributed by atoms with Gasteiger partial charge in [-0.25, -0.2) is 13.2 Å². The molecule has 0 aliphatic carbocycles. The van der Waals surface area contributed by atoms with Crippen LogP contribution in [0.4, 0.5) is 0 Å². The van der Waals surface area contributed by atoms with Gasteiger partial charge in [0.1, 0.15) is 11.5 Å². The second-order valence-electron chi connectivity index (χ2n) is 8.24. The molecule has 1 aliphatic heterocycles. The van der Waals surface area contributed by atoms with E-state index in [2.05, 4.69) is 5.32 Å². The van der Waals surface area contributed by atoms with Crippen molar-refractivity contribution in [2.24, 2.45) is 0 Å². The number of nitrogens with one attached hydrogen (secondary N) is 1. The summed E-state index contributed by atoms with van der Waals surface area (Å²) in [6.45, 7) is 9.03. The lowest BCUT2D eigenvalue weighted by atomic mass is 10.0. The SMILES string of the molecule is CCC1=CCN(S(=O)(=O)c2ccc(C)cc2)C1/C(=C/C(=O)OC(C)(C)C)NC(=O)CCl. The minimum atomic E-state index is -3.90. The molecule has 9 heteroatoms. The van der Waals surface area contributed by atoms with E-state index in [0.29, 0.717) is 6.42 Å². The Morgan fingerprint density at radius 3 is 2.39 bits per heavy atom. The van der Waals surface area contributed by atoms with E-state index in [1.54, 1.807) is 51.1 Å². The number of carbonyl (C=O) groups excluding carboxylic acids is 2. The number of hydrogen-bond acceptors (Lipinski definition) is 5. The number of benzene rings is 1. The third-order valence-corrected chi connectivity index (χ3v) is 6.68. The van der Waals surface area contributed by atoms with Crippen molar-refractivity contribution in [3.63, 3.8) is 0 Å². The predicted molar refractivity (Wildman–Crippen MR) is 120 cm³/mol. The Morgan fingerprint density at radius 1 is 1.26 bits per heavy atom. The van der Waals surface area contributed by atoms with Gasteiger partial charge in [0.25, 0.3) is 0 Å². The Labute approximate surface area is 189 Å². The highest BCUT2D eigenvalue weighted by atomic mass is 35.5. The number of halogens is 1. The van der Waals surface area contributed by atoms with Gasteiger partial charge in [0.2, 0.25) is 15.9 Å². The molecule has 0 bridgehead atoms. The first kappa shape index (κ1) is 25.1. The summed E-state index contributed by atoms with van der Waals surface area (Å²) in [6.07, 6.45) is 3.46. The maximum Gasteiger partial charge on any atom is 0.333 e. The van der Waals surface area contributed by atoms with Crippen molar-refractivity contribution < 1.29 is 22.7 Å². The Hall–Kier alpha value is -2.16. The Kier molecular flexibility index (Phi) is 8.08. The van der Waals surface area contributed by atoms with Crippen LogP contribution in [0.5, 0.6) is 0 Å². The smallest absolute Gasteiger partial charge is 0.333 e. The minimum Gasteiger partial charge on any atom is -0.457 e. The standard InChI is InChI=1S/C22H29ClN2O5S/c1-6-16-11-12-25(31(28,29)17-9-7-15(2)8-10-17)21(16)18(24-19(26)14-23)13-20(27)30-22(3,4)5/h7-11,13,21H,6,12,14H2,1-5H3,(H,24,26)/b18-13-. The number of esters is 1. The van der Waals surface area contributed by atoms with Crippen LogP contribution >= 0.6 is 11.6 Å². The van der Waals surface area contributed by atoms with Crippen LogP contribution in [0.3, 0.4) is 0 Å². The summed E-state index contributed by atoms with van der Waals surface area (Å²) in [5, 5.41) is 2.59. The van der Waals surface area contributed by atoms with Crippen LogP contribution in [0.2, 0.25) is 0 Å². The van der Waals surface area contributed by atoms with Gasteiger partial charge in [-0.1, -0.05) is 30.7 Å². The molecular formula is C22H29ClN2O5S. The Balaban J connectivity index is 2.52. The molecule has 1 atom stereocenters. The summed E-state index contributed by atoms with van der Waals surface area (Å²) < 4.78 is 33.4. The van der Waals surface area contributed by atoms with Gasteiger partial charge in [-0.15, -0.1) is 11.6 Å². The zero-order valence-electron chi connectivity index (χ0n) is 18.4. The molecule has 0 fully saturated rings. The summed E-state index contributed by atoms with van der Waals surface area (Å²) >= 11 is 5.65. The molecule has 7 nitrogen and oxygen atoms in total. The molecule has 170 valence electrons. The highest BCUT2D eigenvalue weighted by Gasteiger charge is 2.39. The molecule has 1 N–H and O–H groups in total. The van der Waals surface area contributed by atoms with Crippen LogP contribution in [0.1, 0.15) is 39.7 Å². The van der Waals surface area contributed by atoms with Crippen LogP contribution < -0.4 is 5.32 Å². The zero-order valence-corrected chi connectivity index (χ0v) is 20.0. The first-order valence-electron chi connectivity index (χ1n) is 9.97. The second kappa shape index (κ2) is 9.97. The largest absolute Gasteiger partial charge is 0.457 e. The summed E-state index contributed by atoms with van der Waals surface area (Å²) in [5.74, 6) is -1.58. The fourth-order valence-corrected chi connectivity index (χ4v) is 4.84. The topological polar surface area (TPSA) is 92.8 Å². The normalized spacial score (nSPS) is 17.9. The highest BCUT2D eigenvalue weighted by molar-refractivity contribution is 7.89. The third-order valence-electron chi connectivity index (χ3n) is 4.59. The number of alkyl halides is 1. The van der Waals surface area contributed by atoms with Crippen LogP contribution in [-0.2, 0) is 24.3 Å². The molecule has 1 aromatic rings. The lowest BCUT2D eigenvalue weighted by Gasteiger charge is -2.29. The average Bonchev–Trinajstić information content (AvgIpc) is 3.11. The van der Waals surface area contributed by atoms with E-state index >= 15 is 0 Å². The summed E-state index contributed by atoms with van der Waals surface area (Å²) in [5.41, 5.74) is 1.06. The van der Waals surface area contributed by atoms with Gasteiger partial charge in [0, 0.05) is 18.3 Å². The zero-order chi connectivity index (χ0) is 23.4. The average molecular weight is 469 g/mol. The first-order chi connectivity index (χ1) is 14.4. The van der Waals surface area contributed by atoms with Crippen LogP contribution in [0.15, 0.2) is 52.6 Å². The minimum absolute atomic E-state index is 0.112.